The molecule has 98 valence electrons. The van der Waals surface area contributed by atoms with Crippen molar-refractivity contribution in [1.82, 2.24) is 4.98 Å². The first-order valence-electron chi connectivity index (χ1n) is 5.57. The lowest BCUT2D eigenvalue weighted by atomic mass is 10.2. The Kier molecular flexibility index (Phi) is 3.47. The van der Waals surface area contributed by atoms with Crippen LogP contribution in [0.4, 0.5) is 14.5 Å². The fourth-order valence-corrected chi connectivity index (χ4v) is 1.59. The van der Waals surface area contributed by atoms with Gasteiger partial charge in [-0.15, -0.1) is 0 Å². The summed E-state index contributed by atoms with van der Waals surface area (Å²) in [4.78, 5) is 4.09. The summed E-state index contributed by atoms with van der Waals surface area (Å²) in [7, 11) is 0. The van der Waals surface area contributed by atoms with Gasteiger partial charge in [0, 0.05) is 0 Å². The van der Waals surface area contributed by atoms with Crippen molar-refractivity contribution >= 4 is 5.69 Å². The molecule has 19 heavy (non-hydrogen) atoms. The van der Waals surface area contributed by atoms with Crippen molar-refractivity contribution in [3.8, 4) is 6.07 Å². The highest BCUT2D eigenvalue weighted by molar-refractivity contribution is 5.50. The predicted octanol–water partition coefficient (Wildman–Crippen LogP) is 3.05. The average Bonchev–Trinajstić information content (AvgIpc) is 2.67. The van der Waals surface area contributed by atoms with E-state index < -0.39 is 11.6 Å². The van der Waals surface area contributed by atoms with Crippen LogP contribution in [0.5, 0.6) is 0 Å². The summed E-state index contributed by atoms with van der Waals surface area (Å²) in [5, 5.41) is 11.2. The molecule has 0 saturated carbocycles. The quantitative estimate of drug-likeness (QED) is 0.924. The van der Waals surface area contributed by atoms with Gasteiger partial charge in [-0.2, -0.15) is 5.26 Å². The number of hydrogen-bond acceptors (Lipinski definition) is 4. The van der Waals surface area contributed by atoms with E-state index in [1.807, 2.05) is 0 Å². The molecule has 0 unspecified atom stereocenters. The van der Waals surface area contributed by atoms with E-state index in [0.717, 1.165) is 17.8 Å². The molecule has 1 N–H and O–H groups in total. The highest BCUT2D eigenvalue weighted by Gasteiger charge is 2.12. The van der Waals surface area contributed by atoms with E-state index >= 15 is 0 Å². The number of nitrogens with one attached hydrogen (secondary N) is 1. The molecule has 0 fully saturated rings. The number of aromatic nitrogens is 1. The molecule has 6 heteroatoms. The Morgan fingerprint density at radius 1 is 1.32 bits per heavy atom. The molecular weight excluding hydrogens is 252 g/mol. The molecule has 4 nitrogen and oxygen atoms in total. The SMILES string of the molecule is Cc1nc(CNc2c(F)cc(C#N)cc2F)oc1C. The number of benzene rings is 1. The summed E-state index contributed by atoms with van der Waals surface area (Å²) in [6, 6.07) is 3.62. The number of halogens is 2. The molecule has 2 rings (SSSR count). The Morgan fingerprint density at radius 3 is 2.42 bits per heavy atom. The molecule has 0 saturated heterocycles. The van der Waals surface area contributed by atoms with E-state index in [2.05, 4.69) is 10.3 Å². The van der Waals surface area contributed by atoms with Crippen LogP contribution in [0.15, 0.2) is 16.5 Å². The van der Waals surface area contributed by atoms with Gasteiger partial charge < -0.3 is 9.73 Å². The van der Waals surface area contributed by atoms with Crippen molar-refractivity contribution in [3.63, 3.8) is 0 Å². The first kappa shape index (κ1) is 13.0. The largest absolute Gasteiger partial charge is 0.444 e. The molecule has 0 amide bonds. The van der Waals surface area contributed by atoms with Gasteiger partial charge in [-0.1, -0.05) is 0 Å². The number of nitriles is 1. The normalized spacial score (nSPS) is 10.3. The van der Waals surface area contributed by atoms with Gasteiger partial charge in [-0.3, -0.25) is 0 Å². The van der Waals surface area contributed by atoms with Gasteiger partial charge >= 0.3 is 0 Å². The van der Waals surface area contributed by atoms with E-state index in [1.54, 1.807) is 19.9 Å². The summed E-state index contributed by atoms with van der Waals surface area (Å²) in [6.07, 6.45) is 0. The van der Waals surface area contributed by atoms with Crippen molar-refractivity contribution in [2.24, 2.45) is 0 Å². The Morgan fingerprint density at radius 2 is 1.95 bits per heavy atom. The molecule has 2 aromatic rings. The third-order valence-electron chi connectivity index (χ3n) is 2.66. The zero-order chi connectivity index (χ0) is 14.0. The molecule has 0 aliphatic carbocycles. The smallest absolute Gasteiger partial charge is 0.213 e. The minimum absolute atomic E-state index is 0.0639. The Labute approximate surface area is 108 Å². The molecule has 0 aliphatic rings. The number of hydrogen-bond donors (Lipinski definition) is 1. The maximum absolute atomic E-state index is 13.6. The number of rotatable bonds is 3. The van der Waals surface area contributed by atoms with E-state index in [0.29, 0.717) is 11.7 Å². The summed E-state index contributed by atoms with van der Waals surface area (Å²) in [5.74, 6) is -0.635. The first-order chi connectivity index (χ1) is 9.01. The second-order valence-corrected chi connectivity index (χ2v) is 4.03. The number of anilines is 1. The molecule has 1 heterocycles. The maximum atomic E-state index is 13.6. The fourth-order valence-electron chi connectivity index (χ4n) is 1.59. The summed E-state index contributed by atoms with van der Waals surface area (Å²) >= 11 is 0. The zero-order valence-electron chi connectivity index (χ0n) is 10.4. The van der Waals surface area contributed by atoms with Crippen LogP contribution in [0.2, 0.25) is 0 Å². The fraction of sp³-hybridized carbons (Fsp3) is 0.231. The Balaban J connectivity index is 2.18. The van der Waals surface area contributed by atoms with Gasteiger partial charge in [0.05, 0.1) is 23.9 Å². The van der Waals surface area contributed by atoms with Crippen LogP contribution < -0.4 is 5.32 Å². The minimum atomic E-state index is -0.823. The third-order valence-corrected chi connectivity index (χ3v) is 2.66. The van der Waals surface area contributed by atoms with Gasteiger partial charge in [-0.25, -0.2) is 13.8 Å². The van der Waals surface area contributed by atoms with Crippen molar-refractivity contribution in [2.45, 2.75) is 20.4 Å². The minimum Gasteiger partial charge on any atom is -0.444 e. The van der Waals surface area contributed by atoms with Gasteiger partial charge in [0.15, 0.2) is 11.6 Å². The molecule has 0 aliphatic heterocycles. The average molecular weight is 263 g/mol. The van der Waals surface area contributed by atoms with E-state index in [4.69, 9.17) is 9.68 Å². The van der Waals surface area contributed by atoms with Crippen LogP contribution in [0.25, 0.3) is 0 Å². The Bertz CT molecular complexity index is 616. The van der Waals surface area contributed by atoms with Crippen molar-refractivity contribution in [1.29, 1.82) is 5.26 Å². The van der Waals surface area contributed by atoms with Crippen LogP contribution in [-0.2, 0) is 6.54 Å². The molecular formula is C13H11F2N3O. The molecule has 0 bridgehead atoms. The first-order valence-corrected chi connectivity index (χ1v) is 5.57. The second-order valence-electron chi connectivity index (χ2n) is 4.03. The van der Waals surface area contributed by atoms with Gasteiger partial charge in [0.1, 0.15) is 11.4 Å². The van der Waals surface area contributed by atoms with Gasteiger partial charge in [0.25, 0.3) is 0 Å². The van der Waals surface area contributed by atoms with Crippen LogP contribution in [0, 0.1) is 36.8 Å². The van der Waals surface area contributed by atoms with Crippen LogP contribution >= 0.6 is 0 Å². The third kappa shape index (κ3) is 2.71. The lowest BCUT2D eigenvalue weighted by Crippen LogP contribution is -2.04. The second kappa shape index (κ2) is 5.06. The highest BCUT2D eigenvalue weighted by Crippen LogP contribution is 2.21. The molecule has 1 aromatic carbocycles. The van der Waals surface area contributed by atoms with E-state index in [-0.39, 0.29) is 17.8 Å². The summed E-state index contributed by atoms with van der Waals surface area (Å²) in [5.41, 5.74) is 0.369. The molecule has 0 spiro atoms. The molecule has 0 radical (unpaired) electrons. The predicted molar refractivity (Wildman–Crippen MR) is 64.4 cm³/mol. The summed E-state index contributed by atoms with van der Waals surface area (Å²) in [6.45, 7) is 3.61. The standard InChI is InChI=1S/C13H11F2N3O/c1-7-8(2)19-12(18-7)6-17-13-10(14)3-9(5-16)4-11(13)15/h3-4,17H,6H2,1-2H3. The van der Waals surface area contributed by atoms with Gasteiger partial charge in [0.2, 0.25) is 5.89 Å². The lowest BCUT2D eigenvalue weighted by Gasteiger charge is -2.07. The number of aryl methyl sites for hydroxylation is 2. The zero-order valence-corrected chi connectivity index (χ0v) is 10.4. The van der Waals surface area contributed by atoms with E-state index in [9.17, 15) is 8.78 Å². The highest BCUT2D eigenvalue weighted by atomic mass is 19.1. The van der Waals surface area contributed by atoms with Crippen LogP contribution in [0.3, 0.4) is 0 Å². The maximum Gasteiger partial charge on any atom is 0.213 e. The topological polar surface area (TPSA) is 61.9 Å². The molecule has 1 aromatic heterocycles. The van der Waals surface area contributed by atoms with Crippen molar-refractivity contribution in [2.75, 3.05) is 5.32 Å². The van der Waals surface area contributed by atoms with Crippen LogP contribution in [-0.4, -0.2) is 4.98 Å². The molecule has 0 atom stereocenters. The van der Waals surface area contributed by atoms with Crippen molar-refractivity contribution in [3.05, 3.63) is 46.7 Å². The Hall–Kier alpha value is -2.42. The van der Waals surface area contributed by atoms with Gasteiger partial charge in [-0.05, 0) is 26.0 Å². The number of oxazole rings is 1. The van der Waals surface area contributed by atoms with E-state index in [1.165, 1.54) is 0 Å². The monoisotopic (exact) mass is 263 g/mol. The van der Waals surface area contributed by atoms with Crippen LogP contribution in [0.1, 0.15) is 22.9 Å². The number of nitrogens with zero attached hydrogens (tertiary/aromatic N) is 2. The van der Waals surface area contributed by atoms with Crippen molar-refractivity contribution < 1.29 is 13.2 Å². The lowest BCUT2D eigenvalue weighted by molar-refractivity contribution is 0.477. The summed E-state index contributed by atoms with van der Waals surface area (Å²) < 4.78 is 32.5.